The third-order valence-electron chi connectivity index (χ3n) is 4.96. The molecule has 2 aliphatic rings. The smallest absolute Gasteiger partial charge is 0.238 e. The Hall–Kier alpha value is -1.53. The minimum absolute atomic E-state index is 0.0428. The Morgan fingerprint density at radius 2 is 2.20 bits per heavy atom. The minimum Gasteiger partial charge on any atom is -0.356 e. The first kappa shape index (κ1) is 18.3. The summed E-state index contributed by atoms with van der Waals surface area (Å²) in [6.45, 7) is 5.17. The van der Waals surface area contributed by atoms with Crippen molar-refractivity contribution in [2.75, 3.05) is 25.0 Å². The van der Waals surface area contributed by atoms with Crippen molar-refractivity contribution < 1.29 is 9.59 Å². The lowest BCUT2D eigenvalue weighted by Gasteiger charge is -2.33. The maximum atomic E-state index is 12.2. The molecule has 2 amide bonds. The van der Waals surface area contributed by atoms with E-state index in [0.29, 0.717) is 12.6 Å². The number of hydrogen-bond acceptors (Lipinski definition) is 4. The standard InChI is InChI=1S/C19H27N3O2S/c1-14-7-4-5-11-22(14)12-6-10-20-18(23)13-17-19(24)21-15-8-2-3-9-16(15)25-17/h2-3,8-9,14,17H,4-7,10-13H2,1H3,(H,20,23)(H,21,24)/t14-,17-/m1/s1. The molecule has 0 spiro atoms. The molecular weight excluding hydrogens is 334 g/mol. The van der Waals surface area contributed by atoms with E-state index in [4.69, 9.17) is 0 Å². The van der Waals surface area contributed by atoms with Crippen LogP contribution in [0.25, 0.3) is 0 Å². The van der Waals surface area contributed by atoms with Crippen molar-refractivity contribution in [1.82, 2.24) is 10.2 Å². The van der Waals surface area contributed by atoms with Gasteiger partial charge < -0.3 is 15.5 Å². The first-order chi connectivity index (χ1) is 12.1. The van der Waals surface area contributed by atoms with E-state index >= 15 is 0 Å². The van der Waals surface area contributed by atoms with Crippen molar-refractivity contribution in [3.63, 3.8) is 0 Å². The number of anilines is 1. The zero-order valence-electron chi connectivity index (χ0n) is 14.8. The first-order valence-corrected chi connectivity index (χ1v) is 10.1. The number of benzene rings is 1. The van der Waals surface area contributed by atoms with Crippen molar-refractivity contribution in [1.29, 1.82) is 0 Å². The summed E-state index contributed by atoms with van der Waals surface area (Å²) in [4.78, 5) is 27.9. The quantitative estimate of drug-likeness (QED) is 0.765. The van der Waals surface area contributed by atoms with E-state index in [2.05, 4.69) is 22.5 Å². The predicted octanol–water partition coefficient (Wildman–Crippen LogP) is 2.87. The second-order valence-corrected chi connectivity index (χ2v) is 8.12. The number of rotatable bonds is 6. The number of likely N-dealkylation sites (tertiary alicyclic amines) is 1. The highest BCUT2D eigenvalue weighted by molar-refractivity contribution is 8.01. The molecule has 2 aliphatic heterocycles. The second kappa shape index (κ2) is 8.72. The number of piperidine rings is 1. The molecule has 1 saturated heterocycles. The zero-order chi connectivity index (χ0) is 17.6. The van der Waals surface area contributed by atoms with Gasteiger partial charge in [0.15, 0.2) is 0 Å². The monoisotopic (exact) mass is 361 g/mol. The van der Waals surface area contributed by atoms with E-state index in [1.807, 2.05) is 24.3 Å². The van der Waals surface area contributed by atoms with Gasteiger partial charge >= 0.3 is 0 Å². The van der Waals surface area contributed by atoms with Crippen molar-refractivity contribution in [2.24, 2.45) is 0 Å². The number of para-hydroxylation sites is 1. The topological polar surface area (TPSA) is 61.4 Å². The van der Waals surface area contributed by atoms with E-state index in [1.54, 1.807) is 0 Å². The first-order valence-electron chi connectivity index (χ1n) is 9.21. The van der Waals surface area contributed by atoms with E-state index < -0.39 is 0 Å². The molecule has 1 aromatic rings. The maximum absolute atomic E-state index is 12.2. The van der Waals surface area contributed by atoms with Crippen molar-refractivity contribution in [2.45, 2.75) is 55.2 Å². The zero-order valence-corrected chi connectivity index (χ0v) is 15.6. The number of nitrogens with one attached hydrogen (secondary N) is 2. The van der Waals surface area contributed by atoms with Gasteiger partial charge in [0, 0.05) is 30.4 Å². The molecule has 136 valence electrons. The fourth-order valence-corrected chi connectivity index (χ4v) is 4.58. The molecule has 0 unspecified atom stereocenters. The number of fused-ring (bicyclic) bond motifs is 1. The fourth-order valence-electron chi connectivity index (χ4n) is 3.47. The summed E-state index contributed by atoms with van der Waals surface area (Å²) < 4.78 is 0. The molecule has 0 aliphatic carbocycles. The Bertz CT molecular complexity index is 622. The molecule has 6 heteroatoms. The Morgan fingerprint density at radius 1 is 1.36 bits per heavy atom. The molecule has 1 fully saturated rings. The molecule has 2 N–H and O–H groups in total. The number of carbonyl (C=O) groups excluding carboxylic acids is 2. The van der Waals surface area contributed by atoms with Gasteiger partial charge in [-0.15, -0.1) is 11.8 Å². The summed E-state index contributed by atoms with van der Waals surface area (Å²) in [6.07, 6.45) is 5.08. The minimum atomic E-state index is -0.350. The molecule has 0 radical (unpaired) electrons. The third kappa shape index (κ3) is 4.98. The van der Waals surface area contributed by atoms with Gasteiger partial charge in [-0.3, -0.25) is 9.59 Å². The summed E-state index contributed by atoms with van der Waals surface area (Å²) >= 11 is 1.47. The van der Waals surface area contributed by atoms with Gasteiger partial charge in [0.05, 0.1) is 10.9 Å². The molecule has 2 heterocycles. The SMILES string of the molecule is C[C@@H]1CCCCN1CCCNC(=O)C[C@H]1Sc2ccccc2NC1=O. The Kier molecular flexibility index (Phi) is 6.37. The number of nitrogens with zero attached hydrogens (tertiary/aromatic N) is 1. The van der Waals surface area contributed by atoms with Crippen molar-refractivity contribution in [3.8, 4) is 0 Å². The number of amides is 2. The fraction of sp³-hybridized carbons (Fsp3) is 0.579. The predicted molar refractivity (Wildman–Crippen MR) is 102 cm³/mol. The molecule has 2 atom stereocenters. The lowest BCUT2D eigenvalue weighted by atomic mass is 10.0. The second-order valence-electron chi connectivity index (χ2n) is 6.88. The van der Waals surface area contributed by atoms with Crippen LogP contribution in [0.3, 0.4) is 0 Å². The highest BCUT2D eigenvalue weighted by atomic mass is 32.2. The average molecular weight is 362 g/mol. The largest absolute Gasteiger partial charge is 0.356 e. The molecule has 0 bridgehead atoms. The van der Waals surface area contributed by atoms with Gasteiger partial charge in [-0.1, -0.05) is 18.6 Å². The van der Waals surface area contributed by atoms with Crippen LogP contribution in [0.5, 0.6) is 0 Å². The molecular formula is C19H27N3O2S. The average Bonchev–Trinajstić information content (AvgIpc) is 2.61. The molecule has 0 saturated carbocycles. The van der Waals surface area contributed by atoms with Gasteiger partial charge in [-0.25, -0.2) is 0 Å². The van der Waals surface area contributed by atoms with Gasteiger partial charge in [0.2, 0.25) is 11.8 Å². The van der Waals surface area contributed by atoms with Gasteiger partial charge in [-0.2, -0.15) is 0 Å². The Balaban J connectivity index is 1.38. The molecule has 25 heavy (non-hydrogen) atoms. The van der Waals surface area contributed by atoms with Gasteiger partial charge in [0.1, 0.15) is 0 Å². The number of hydrogen-bond donors (Lipinski definition) is 2. The summed E-state index contributed by atoms with van der Waals surface area (Å²) in [5.74, 6) is -0.125. The summed E-state index contributed by atoms with van der Waals surface area (Å²) in [6, 6.07) is 8.37. The van der Waals surface area contributed by atoms with E-state index in [0.717, 1.165) is 23.5 Å². The van der Waals surface area contributed by atoms with Crippen LogP contribution in [-0.2, 0) is 9.59 Å². The lowest BCUT2D eigenvalue weighted by Crippen LogP contribution is -2.39. The number of thioether (sulfide) groups is 1. The van der Waals surface area contributed by atoms with Crippen LogP contribution in [0.2, 0.25) is 0 Å². The number of carbonyl (C=O) groups is 2. The van der Waals surface area contributed by atoms with Crippen LogP contribution in [0.1, 0.15) is 39.0 Å². The molecule has 5 nitrogen and oxygen atoms in total. The van der Waals surface area contributed by atoms with Crippen LogP contribution >= 0.6 is 11.8 Å². The van der Waals surface area contributed by atoms with Crippen LogP contribution in [0, 0.1) is 0 Å². The third-order valence-corrected chi connectivity index (χ3v) is 6.24. The van der Waals surface area contributed by atoms with Gasteiger partial charge in [0.25, 0.3) is 0 Å². The van der Waals surface area contributed by atoms with E-state index in [9.17, 15) is 9.59 Å². The summed E-state index contributed by atoms with van der Waals surface area (Å²) in [5, 5.41) is 5.50. The molecule has 3 rings (SSSR count). The molecule has 0 aromatic heterocycles. The Morgan fingerprint density at radius 3 is 3.04 bits per heavy atom. The van der Waals surface area contributed by atoms with Crippen molar-refractivity contribution >= 4 is 29.3 Å². The van der Waals surface area contributed by atoms with Crippen molar-refractivity contribution in [3.05, 3.63) is 24.3 Å². The highest BCUT2D eigenvalue weighted by Crippen LogP contribution is 2.36. The maximum Gasteiger partial charge on any atom is 0.238 e. The lowest BCUT2D eigenvalue weighted by molar-refractivity contribution is -0.124. The normalized spacial score (nSPS) is 23.6. The highest BCUT2D eigenvalue weighted by Gasteiger charge is 2.28. The molecule has 1 aromatic carbocycles. The summed E-state index contributed by atoms with van der Waals surface area (Å²) in [5.41, 5.74) is 0.838. The summed E-state index contributed by atoms with van der Waals surface area (Å²) in [7, 11) is 0. The van der Waals surface area contributed by atoms with E-state index in [1.165, 1.54) is 37.6 Å². The van der Waals surface area contributed by atoms with E-state index in [-0.39, 0.29) is 23.5 Å². The van der Waals surface area contributed by atoms with Crippen LogP contribution in [-0.4, -0.2) is 47.6 Å². The van der Waals surface area contributed by atoms with Gasteiger partial charge in [-0.05, 0) is 44.9 Å². The Labute approximate surface area is 153 Å². The van der Waals surface area contributed by atoms with Crippen LogP contribution in [0.15, 0.2) is 29.2 Å². The van der Waals surface area contributed by atoms with Crippen LogP contribution in [0.4, 0.5) is 5.69 Å². The van der Waals surface area contributed by atoms with Crippen LogP contribution < -0.4 is 10.6 Å².